The first-order chi connectivity index (χ1) is 12.2. The van der Waals surface area contributed by atoms with Crippen LogP contribution in [0.15, 0.2) is 42.6 Å². The molecule has 1 unspecified atom stereocenters. The maximum Gasteiger partial charge on any atom is 0.258 e. The number of hydrogen-bond acceptors (Lipinski definition) is 4. The smallest absolute Gasteiger partial charge is 0.258 e. The van der Waals surface area contributed by atoms with Crippen LogP contribution in [0.4, 0.5) is 4.39 Å². The normalized spacial score (nSPS) is 17.0. The molecule has 25 heavy (non-hydrogen) atoms. The fourth-order valence-electron chi connectivity index (χ4n) is 2.59. The summed E-state index contributed by atoms with van der Waals surface area (Å²) in [6, 6.07) is 10.2. The van der Waals surface area contributed by atoms with E-state index in [4.69, 9.17) is 15.9 Å². The van der Waals surface area contributed by atoms with Gasteiger partial charge in [0.25, 0.3) is 5.91 Å². The van der Waals surface area contributed by atoms with Gasteiger partial charge in [0.15, 0.2) is 0 Å². The standard InChI is InChI=1S/C19H17FN2O3/c1-2-14-5-3-6-15(11-14)25-13-16-12-22(9-10-24-16)19(23)17-7-4-8-21-18(17)20/h1,3-8,11,16H,9-10,12-13H2. The van der Waals surface area contributed by atoms with E-state index in [1.807, 2.05) is 12.1 Å². The Kier molecular flexibility index (Phi) is 5.26. The third kappa shape index (κ3) is 4.14. The third-order valence-corrected chi connectivity index (χ3v) is 3.85. The molecule has 1 atom stereocenters. The summed E-state index contributed by atoms with van der Waals surface area (Å²) in [6.07, 6.45) is 6.38. The lowest BCUT2D eigenvalue weighted by Gasteiger charge is -2.32. The monoisotopic (exact) mass is 340 g/mol. The van der Waals surface area contributed by atoms with Gasteiger partial charge in [-0.15, -0.1) is 6.42 Å². The fraction of sp³-hybridized carbons (Fsp3) is 0.263. The van der Waals surface area contributed by atoms with E-state index in [0.717, 1.165) is 5.56 Å². The molecule has 0 radical (unpaired) electrons. The van der Waals surface area contributed by atoms with E-state index in [1.54, 1.807) is 17.0 Å². The van der Waals surface area contributed by atoms with Crippen LogP contribution in [-0.2, 0) is 4.74 Å². The fourth-order valence-corrected chi connectivity index (χ4v) is 2.59. The van der Waals surface area contributed by atoms with Crippen LogP contribution >= 0.6 is 0 Å². The zero-order valence-corrected chi connectivity index (χ0v) is 13.5. The highest BCUT2D eigenvalue weighted by Gasteiger charge is 2.27. The second-order valence-corrected chi connectivity index (χ2v) is 5.57. The van der Waals surface area contributed by atoms with Gasteiger partial charge in [0.1, 0.15) is 18.5 Å². The number of terminal acetylenes is 1. The quantitative estimate of drug-likeness (QED) is 0.632. The SMILES string of the molecule is C#Cc1cccc(OCC2CN(C(=O)c3cccnc3F)CCO2)c1. The maximum absolute atomic E-state index is 13.7. The van der Waals surface area contributed by atoms with Crippen LogP contribution in [0.1, 0.15) is 15.9 Å². The number of carbonyl (C=O) groups is 1. The Morgan fingerprint density at radius 1 is 1.44 bits per heavy atom. The molecule has 1 aliphatic rings. The molecule has 0 N–H and O–H groups in total. The van der Waals surface area contributed by atoms with Crippen molar-refractivity contribution in [3.05, 3.63) is 59.7 Å². The van der Waals surface area contributed by atoms with Crippen molar-refractivity contribution >= 4 is 5.91 Å². The van der Waals surface area contributed by atoms with Gasteiger partial charge in [-0.05, 0) is 30.3 Å². The number of ether oxygens (including phenoxy) is 2. The Hall–Kier alpha value is -2.91. The molecule has 2 heterocycles. The molecule has 1 aromatic heterocycles. The van der Waals surface area contributed by atoms with Gasteiger partial charge in [-0.3, -0.25) is 4.79 Å². The molecule has 0 bridgehead atoms. The molecule has 1 aromatic carbocycles. The molecule has 3 rings (SSSR count). The topological polar surface area (TPSA) is 51.7 Å². The molecule has 1 aliphatic heterocycles. The number of amides is 1. The summed E-state index contributed by atoms with van der Waals surface area (Å²) in [5.41, 5.74) is 0.691. The zero-order valence-electron chi connectivity index (χ0n) is 13.5. The molecule has 5 nitrogen and oxygen atoms in total. The number of rotatable bonds is 4. The van der Waals surface area contributed by atoms with Gasteiger partial charge in [0.2, 0.25) is 5.95 Å². The molecule has 0 spiro atoms. The van der Waals surface area contributed by atoms with Crippen LogP contribution in [0.3, 0.4) is 0 Å². The summed E-state index contributed by atoms with van der Waals surface area (Å²) in [5.74, 6) is 2.02. The molecular formula is C19H17FN2O3. The number of hydrogen-bond donors (Lipinski definition) is 0. The molecule has 6 heteroatoms. The Morgan fingerprint density at radius 2 is 2.32 bits per heavy atom. The summed E-state index contributed by atoms with van der Waals surface area (Å²) in [6.45, 7) is 1.36. The molecular weight excluding hydrogens is 323 g/mol. The molecule has 2 aromatic rings. The third-order valence-electron chi connectivity index (χ3n) is 3.85. The highest BCUT2D eigenvalue weighted by Crippen LogP contribution is 2.16. The Balaban J connectivity index is 1.60. The zero-order chi connectivity index (χ0) is 17.6. The van der Waals surface area contributed by atoms with Crippen LogP contribution < -0.4 is 4.74 Å². The van der Waals surface area contributed by atoms with Gasteiger partial charge in [0, 0.05) is 18.3 Å². The molecule has 0 saturated carbocycles. The van der Waals surface area contributed by atoms with E-state index < -0.39 is 11.9 Å². The van der Waals surface area contributed by atoms with E-state index in [-0.39, 0.29) is 18.3 Å². The second kappa shape index (κ2) is 7.77. The number of aromatic nitrogens is 1. The number of benzene rings is 1. The molecule has 1 amide bonds. The summed E-state index contributed by atoms with van der Waals surface area (Å²) in [4.78, 5) is 17.5. The van der Waals surface area contributed by atoms with Crippen molar-refractivity contribution in [3.63, 3.8) is 0 Å². The largest absolute Gasteiger partial charge is 0.491 e. The van der Waals surface area contributed by atoms with E-state index in [2.05, 4.69) is 10.9 Å². The number of halogens is 1. The highest BCUT2D eigenvalue weighted by molar-refractivity contribution is 5.94. The lowest BCUT2D eigenvalue weighted by atomic mass is 10.2. The highest BCUT2D eigenvalue weighted by atomic mass is 19.1. The van der Waals surface area contributed by atoms with E-state index in [0.29, 0.717) is 25.4 Å². The molecule has 1 fully saturated rings. The number of morpholine rings is 1. The minimum atomic E-state index is -0.766. The first-order valence-electron chi connectivity index (χ1n) is 7.88. The van der Waals surface area contributed by atoms with Crippen molar-refractivity contribution in [2.75, 3.05) is 26.3 Å². The van der Waals surface area contributed by atoms with Crippen molar-refractivity contribution in [1.29, 1.82) is 0 Å². The first-order valence-corrected chi connectivity index (χ1v) is 7.88. The predicted octanol–water partition coefficient (Wildman–Crippen LogP) is 2.12. The van der Waals surface area contributed by atoms with Crippen LogP contribution in [0, 0.1) is 18.3 Å². The van der Waals surface area contributed by atoms with Crippen molar-refractivity contribution in [1.82, 2.24) is 9.88 Å². The Bertz CT molecular complexity index is 803. The van der Waals surface area contributed by atoms with Crippen molar-refractivity contribution < 1.29 is 18.7 Å². The predicted molar refractivity (Wildman–Crippen MR) is 89.7 cm³/mol. The van der Waals surface area contributed by atoms with Gasteiger partial charge >= 0.3 is 0 Å². The summed E-state index contributed by atoms with van der Waals surface area (Å²) < 4.78 is 25.0. The first kappa shape index (κ1) is 16.9. The number of nitrogens with zero attached hydrogens (tertiary/aromatic N) is 2. The van der Waals surface area contributed by atoms with Crippen LogP contribution in [0.2, 0.25) is 0 Å². The number of carbonyl (C=O) groups excluding carboxylic acids is 1. The second-order valence-electron chi connectivity index (χ2n) is 5.57. The number of pyridine rings is 1. The summed E-state index contributed by atoms with van der Waals surface area (Å²) in [5, 5.41) is 0. The average Bonchev–Trinajstić information content (AvgIpc) is 2.66. The minimum Gasteiger partial charge on any atom is -0.491 e. The van der Waals surface area contributed by atoms with E-state index in [1.165, 1.54) is 18.3 Å². The van der Waals surface area contributed by atoms with Crippen LogP contribution in [0.25, 0.3) is 0 Å². The lowest BCUT2D eigenvalue weighted by Crippen LogP contribution is -2.47. The maximum atomic E-state index is 13.7. The average molecular weight is 340 g/mol. The van der Waals surface area contributed by atoms with Crippen LogP contribution in [0.5, 0.6) is 5.75 Å². The van der Waals surface area contributed by atoms with Crippen molar-refractivity contribution in [2.45, 2.75) is 6.10 Å². The van der Waals surface area contributed by atoms with Gasteiger partial charge in [-0.25, -0.2) is 4.98 Å². The molecule has 1 saturated heterocycles. The van der Waals surface area contributed by atoms with E-state index >= 15 is 0 Å². The Labute approximate surface area is 145 Å². The van der Waals surface area contributed by atoms with Crippen LogP contribution in [-0.4, -0.2) is 48.2 Å². The summed E-state index contributed by atoms with van der Waals surface area (Å²) in [7, 11) is 0. The summed E-state index contributed by atoms with van der Waals surface area (Å²) >= 11 is 0. The van der Waals surface area contributed by atoms with E-state index in [9.17, 15) is 9.18 Å². The van der Waals surface area contributed by atoms with Crippen molar-refractivity contribution in [3.8, 4) is 18.1 Å². The van der Waals surface area contributed by atoms with Gasteiger partial charge in [0.05, 0.1) is 18.7 Å². The molecule has 0 aliphatic carbocycles. The minimum absolute atomic E-state index is 0.0363. The lowest BCUT2D eigenvalue weighted by molar-refractivity contribution is -0.0402. The molecule has 128 valence electrons. The van der Waals surface area contributed by atoms with Gasteiger partial charge in [-0.1, -0.05) is 12.0 Å². The van der Waals surface area contributed by atoms with Crippen molar-refractivity contribution in [2.24, 2.45) is 0 Å². The van der Waals surface area contributed by atoms with Gasteiger partial charge in [-0.2, -0.15) is 4.39 Å². The van der Waals surface area contributed by atoms with Gasteiger partial charge < -0.3 is 14.4 Å². The Morgan fingerprint density at radius 3 is 3.12 bits per heavy atom.